The Labute approximate surface area is 132 Å². The Morgan fingerprint density at radius 2 is 2.05 bits per heavy atom. The van der Waals surface area contributed by atoms with Crippen molar-refractivity contribution in [3.8, 4) is 0 Å². The average Bonchev–Trinajstić information content (AvgIpc) is 2.90. The van der Waals surface area contributed by atoms with Crippen LogP contribution in [0.1, 0.15) is 37.4 Å². The van der Waals surface area contributed by atoms with Gasteiger partial charge in [-0.2, -0.15) is 0 Å². The van der Waals surface area contributed by atoms with Crippen molar-refractivity contribution in [2.75, 3.05) is 26.2 Å². The Morgan fingerprint density at radius 1 is 1.25 bits per heavy atom. The number of aromatic nitrogens is 2. The molecule has 2 aliphatic rings. The highest BCUT2D eigenvalue weighted by atomic mass is 35.5. The van der Waals surface area contributed by atoms with E-state index in [2.05, 4.69) is 20.2 Å². The van der Waals surface area contributed by atoms with Crippen LogP contribution in [-0.2, 0) is 0 Å². The number of H-pyrrole nitrogens is 1. The van der Waals surface area contributed by atoms with E-state index < -0.39 is 0 Å². The fraction of sp³-hybridized carbons (Fsp3) is 0.786. The van der Waals surface area contributed by atoms with Crippen LogP contribution < -0.4 is 5.32 Å². The Balaban J connectivity index is 0.00000147. The van der Waals surface area contributed by atoms with Crippen LogP contribution >= 0.6 is 24.0 Å². The lowest BCUT2D eigenvalue weighted by molar-refractivity contribution is 0.140. The molecule has 2 heterocycles. The van der Waals surface area contributed by atoms with Crippen molar-refractivity contribution in [1.82, 2.24) is 20.2 Å². The van der Waals surface area contributed by atoms with Gasteiger partial charge in [-0.05, 0) is 19.3 Å². The average molecular weight is 319 g/mol. The number of alkyl halides is 1. The first-order valence-corrected chi connectivity index (χ1v) is 7.86. The molecule has 4 nitrogen and oxygen atoms in total. The Kier molecular flexibility index (Phi) is 6.15. The maximum absolute atomic E-state index is 6.46. The van der Waals surface area contributed by atoms with E-state index in [1.54, 1.807) is 0 Å². The largest absolute Gasteiger partial charge is 0.348 e. The normalized spacial score (nSPS) is 32.4. The summed E-state index contributed by atoms with van der Waals surface area (Å²) in [4.78, 5) is 10.5. The third-order valence-electron chi connectivity index (χ3n) is 4.48. The zero-order chi connectivity index (χ0) is 13.1. The first-order valence-electron chi connectivity index (χ1n) is 7.42. The van der Waals surface area contributed by atoms with Crippen LogP contribution in [0.15, 0.2) is 12.4 Å². The molecule has 1 saturated carbocycles. The monoisotopic (exact) mass is 318 g/mol. The summed E-state index contributed by atoms with van der Waals surface area (Å²) in [5.41, 5.74) is 0. The molecule has 1 saturated heterocycles. The van der Waals surface area contributed by atoms with E-state index in [1.807, 2.05) is 12.4 Å². The molecule has 0 bridgehead atoms. The molecule has 1 aromatic heterocycles. The Morgan fingerprint density at radius 3 is 2.75 bits per heavy atom. The molecule has 114 valence electrons. The first-order chi connectivity index (χ1) is 9.34. The van der Waals surface area contributed by atoms with Crippen molar-refractivity contribution in [3.63, 3.8) is 0 Å². The smallest absolute Gasteiger partial charge is 0.110 e. The van der Waals surface area contributed by atoms with E-state index in [9.17, 15) is 0 Å². The second-order valence-corrected chi connectivity index (χ2v) is 6.32. The molecule has 3 atom stereocenters. The maximum Gasteiger partial charge on any atom is 0.110 e. The number of piperazine rings is 1. The van der Waals surface area contributed by atoms with Gasteiger partial charge in [0, 0.05) is 55.9 Å². The van der Waals surface area contributed by atoms with Crippen LogP contribution in [0.25, 0.3) is 0 Å². The summed E-state index contributed by atoms with van der Waals surface area (Å²) in [6.45, 7) is 4.50. The molecular formula is C14H24Cl2N4. The van der Waals surface area contributed by atoms with Crippen molar-refractivity contribution in [2.24, 2.45) is 0 Å². The molecule has 0 spiro atoms. The fourth-order valence-corrected chi connectivity index (χ4v) is 3.87. The van der Waals surface area contributed by atoms with Gasteiger partial charge in [-0.15, -0.1) is 24.0 Å². The van der Waals surface area contributed by atoms with Gasteiger partial charge in [0.1, 0.15) is 5.82 Å². The second kappa shape index (κ2) is 7.64. The molecule has 1 aliphatic heterocycles. The zero-order valence-corrected chi connectivity index (χ0v) is 13.3. The van der Waals surface area contributed by atoms with E-state index in [4.69, 9.17) is 11.6 Å². The fourth-order valence-electron chi connectivity index (χ4n) is 3.53. The van der Waals surface area contributed by atoms with Crippen LogP contribution in [0.2, 0.25) is 0 Å². The molecule has 20 heavy (non-hydrogen) atoms. The molecule has 6 heteroatoms. The minimum atomic E-state index is 0. The highest BCUT2D eigenvalue weighted by molar-refractivity contribution is 6.20. The van der Waals surface area contributed by atoms with E-state index in [1.165, 1.54) is 12.8 Å². The van der Waals surface area contributed by atoms with Gasteiger partial charge in [-0.25, -0.2) is 4.98 Å². The van der Waals surface area contributed by atoms with Gasteiger partial charge in [0.25, 0.3) is 0 Å². The number of aromatic amines is 1. The first kappa shape index (κ1) is 16.1. The number of halogens is 2. The summed E-state index contributed by atoms with van der Waals surface area (Å²) >= 11 is 6.46. The number of hydrogen-bond acceptors (Lipinski definition) is 3. The molecular weight excluding hydrogens is 295 g/mol. The van der Waals surface area contributed by atoms with Crippen LogP contribution in [0, 0.1) is 0 Å². The summed E-state index contributed by atoms with van der Waals surface area (Å²) in [5.74, 6) is 1.58. The third-order valence-corrected chi connectivity index (χ3v) is 4.88. The van der Waals surface area contributed by atoms with Gasteiger partial charge >= 0.3 is 0 Å². The van der Waals surface area contributed by atoms with Gasteiger partial charge in [0.05, 0.1) is 0 Å². The summed E-state index contributed by atoms with van der Waals surface area (Å²) in [6, 6.07) is 0.594. The van der Waals surface area contributed by atoms with Gasteiger partial charge in [0.2, 0.25) is 0 Å². The molecule has 0 radical (unpaired) electrons. The lowest BCUT2D eigenvalue weighted by atomic mass is 9.92. The van der Waals surface area contributed by atoms with Gasteiger partial charge in [-0.3, -0.25) is 4.90 Å². The number of rotatable bonds is 2. The predicted octanol–water partition coefficient (Wildman–Crippen LogP) is 2.37. The third kappa shape index (κ3) is 3.67. The lowest BCUT2D eigenvalue weighted by Crippen LogP contribution is -2.50. The van der Waals surface area contributed by atoms with Crippen molar-refractivity contribution in [1.29, 1.82) is 0 Å². The summed E-state index contributed by atoms with van der Waals surface area (Å²) < 4.78 is 0. The predicted molar refractivity (Wildman–Crippen MR) is 84.9 cm³/mol. The van der Waals surface area contributed by atoms with E-state index in [-0.39, 0.29) is 12.4 Å². The SMILES string of the molecule is Cl.ClC1CCCC(N2CCNCC2)C(c2ncc[nH]2)C1. The van der Waals surface area contributed by atoms with Gasteiger partial charge in [0.15, 0.2) is 0 Å². The summed E-state index contributed by atoms with van der Waals surface area (Å²) in [7, 11) is 0. The molecule has 1 aliphatic carbocycles. The molecule has 0 aromatic carbocycles. The van der Waals surface area contributed by atoms with E-state index >= 15 is 0 Å². The van der Waals surface area contributed by atoms with Crippen molar-refractivity contribution in [3.05, 3.63) is 18.2 Å². The molecule has 2 fully saturated rings. The minimum Gasteiger partial charge on any atom is -0.348 e. The number of nitrogens with zero attached hydrogens (tertiary/aromatic N) is 2. The Bertz CT molecular complexity index is 379. The van der Waals surface area contributed by atoms with Crippen molar-refractivity contribution >= 4 is 24.0 Å². The highest BCUT2D eigenvalue weighted by Gasteiger charge is 2.34. The topological polar surface area (TPSA) is 44.0 Å². The van der Waals surface area contributed by atoms with Crippen LogP contribution in [0.4, 0.5) is 0 Å². The molecule has 2 N–H and O–H groups in total. The standard InChI is InChI=1S/C14H23ClN4.ClH/c15-11-2-1-3-13(19-8-6-16-7-9-19)12(10-11)14-17-4-5-18-14;/h4-5,11-13,16H,1-3,6-10H2,(H,17,18);1H. The van der Waals surface area contributed by atoms with Gasteiger partial charge < -0.3 is 10.3 Å². The highest BCUT2D eigenvalue weighted by Crippen LogP contribution is 2.35. The molecule has 3 unspecified atom stereocenters. The number of hydrogen-bond donors (Lipinski definition) is 2. The quantitative estimate of drug-likeness (QED) is 0.650. The minimum absolute atomic E-state index is 0. The number of imidazole rings is 1. The van der Waals surface area contributed by atoms with Gasteiger partial charge in [-0.1, -0.05) is 6.42 Å². The summed E-state index contributed by atoms with van der Waals surface area (Å²) in [6.07, 6.45) is 8.45. The van der Waals surface area contributed by atoms with E-state index in [0.717, 1.165) is 44.8 Å². The number of nitrogens with one attached hydrogen (secondary N) is 2. The van der Waals surface area contributed by atoms with Crippen LogP contribution in [0.3, 0.4) is 0 Å². The van der Waals surface area contributed by atoms with Crippen LogP contribution in [0.5, 0.6) is 0 Å². The molecule has 0 amide bonds. The van der Waals surface area contributed by atoms with Crippen molar-refractivity contribution < 1.29 is 0 Å². The Hall–Kier alpha value is -0.290. The van der Waals surface area contributed by atoms with Crippen molar-refractivity contribution in [2.45, 2.75) is 43.0 Å². The van der Waals surface area contributed by atoms with E-state index in [0.29, 0.717) is 17.3 Å². The van der Waals surface area contributed by atoms with Crippen LogP contribution in [-0.4, -0.2) is 52.5 Å². The zero-order valence-electron chi connectivity index (χ0n) is 11.7. The molecule has 3 rings (SSSR count). The summed E-state index contributed by atoms with van der Waals surface area (Å²) in [5, 5.41) is 3.73. The second-order valence-electron chi connectivity index (χ2n) is 5.70. The maximum atomic E-state index is 6.46. The lowest BCUT2D eigenvalue weighted by Gasteiger charge is -2.38. The molecule has 1 aromatic rings.